The zero-order chi connectivity index (χ0) is 19.7. The molecule has 0 bridgehead atoms. The first-order valence-corrected chi connectivity index (χ1v) is 8.41. The second kappa shape index (κ2) is 6.95. The standard InChI is InChI=1S/C19H16N6O3/c1-20-17(26)13-5-3-11(10-21-13)22-18(27)14-7-8-25-16-6-4-12(28-2)9-15(16)24-19(25)23-14/h3-10H,1-2H3,(H,20,26)(H,22,27). The third-order valence-corrected chi connectivity index (χ3v) is 4.19. The summed E-state index contributed by atoms with van der Waals surface area (Å²) in [7, 11) is 3.12. The molecular weight excluding hydrogens is 360 g/mol. The van der Waals surface area contributed by atoms with Crippen molar-refractivity contribution in [2.45, 2.75) is 0 Å². The lowest BCUT2D eigenvalue weighted by atomic mass is 10.3. The Morgan fingerprint density at radius 1 is 1.04 bits per heavy atom. The Morgan fingerprint density at radius 3 is 2.61 bits per heavy atom. The molecule has 1 aromatic carbocycles. The van der Waals surface area contributed by atoms with Gasteiger partial charge < -0.3 is 15.4 Å². The SMILES string of the molecule is CNC(=O)c1ccc(NC(=O)c2ccn3c(n2)nc2cc(OC)ccc23)cn1. The lowest BCUT2D eigenvalue weighted by Crippen LogP contribution is -2.19. The first-order valence-electron chi connectivity index (χ1n) is 8.41. The Balaban J connectivity index is 1.60. The summed E-state index contributed by atoms with van der Waals surface area (Å²) in [6.45, 7) is 0. The number of nitrogens with zero attached hydrogens (tertiary/aromatic N) is 4. The molecule has 0 spiro atoms. The van der Waals surface area contributed by atoms with E-state index in [0.29, 0.717) is 17.2 Å². The van der Waals surface area contributed by atoms with Crippen LogP contribution in [-0.4, -0.2) is 45.3 Å². The van der Waals surface area contributed by atoms with E-state index in [4.69, 9.17) is 4.74 Å². The third kappa shape index (κ3) is 3.09. The van der Waals surface area contributed by atoms with Crippen LogP contribution in [0.5, 0.6) is 5.75 Å². The quantitative estimate of drug-likeness (QED) is 0.563. The number of hydrogen-bond acceptors (Lipinski definition) is 6. The van der Waals surface area contributed by atoms with Crippen LogP contribution in [0.15, 0.2) is 48.8 Å². The van der Waals surface area contributed by atoms with Crippen LogP contribution in [0, 0.1) is 0 Å². The van der Waals surface area contributed by atoms with Crippen molar-refractivity contribution in [3.63, 3.8) is 0 Å². The van der Waals surface area contributed by atoms with Crippen molar-refractivity contribution in [2.24, 2.45) is 0 Å². The maximum Gasteiger partial charge on any atom is 0.274 e. The molecule has 4 aromatic rings. The number of methoxy groups -OCH3 is 1. The zero-order valence-corrected chi connectivity index (χ0v) is 15.1. The molecule has 3 heterocycles. The topological polar surface area (TPSA) is 111 Å². The Labute approximate surface area is 159 Å². The summed E-state index contributed by atoms with van der Waals surface area (Å²) in [5.74, 6) is 0.403. The summed E-state index contributed by atoms with van der Waals surface area (Å²) in [6.07, 6.45) is 3.16. The average molecular weight is 376 g/mol. The molecule has 4 rings (SSSR count). The summed E-state index contributed by atoms with van der Waals surface area (Å²) < 4.78 is 7.01. The van der Waals surface area contributed by atoms with E-state index in [1.54, 1.807) is 29.8 Å². The number of fused-ring (bicyclic) bond motifs is 3. The van der Waals surface area contributed by atoms with Gasteiger partial charge in [0, 0.05) is 19.3 Å². The highest BCUT2D eigenvalue weighted by atomic mass is 16.5. The summed E-state index contributed by atoms with van der Waals surface area (Å²) in [4.78, 5) is 36.8. The number of rotatable bonds is 4. The van der Waals surface area contributed by atoms with Crippen LogP contribution in [0.1, 0.15) is 21.0 Å². The minimum Gasteiger partial charge on any atom is -0.497 e. The number of nitrogens with one attached hydrogen (secondary N) is 2. The summed E-state index contributed by atoms with van der Waals surface area (Å²) in [5, 5.41) is 5.19. The predicted octanol–water partition coefficient (Wildman–Crippen LogP) is 1.90. The second-order valence-corrected chi connectivity index (χ2v) is 5.91. The van der Waals surface area contributed by atoms with Crippen LogP contribution in [0.4, 0.5) is 5.69 Å². The predicted molar refractivity (Wildman–Crippen MR) is 103 cm³/mol. The van der Waals surface area contributed by atoms with Gasteiger partial charge in [0.15, 0.2) is 0 Å². The maximum atomic E-state index is 12.5. The van der Waals surface area contributed by atoms with Crippen molar-refractivity contribution in [3.05, 3.63) is 60.2 Å². The number of hydrogen-bond donors (Lipinski definition) is 2. The van der Waals surface area contributed by atoms with Crippen molar-refractivity contribution in [3.8, 4) is 5.75 Å². The summed E-state index contributed by atoms with van der Waals surface area (Å²) >= 11 is 0. The molecule has 0 saturated heterocycles. The number of pyridine rings is 1. The molecule has 9 nitrogen and oxygen atoms in total. The highest BCUT2D eigenvalue weighted by Gasteiger charge is 2.13. The maximum absolute atomic E-state index is 12.5. The molecule has 0 radical (unpaired) electrons. The minimum absolute atomic E-state index is 0.213. The second-order valence-electron chi connectivity index (χ2n) is 5.91. The number of ether oxygens (including phenoxy) is 1. The van der Waals surface area contributed by atoms with Crippen molar-refractivity contribution in [1.29, 1.82) is 0 Å². The molecule has 0 atom stereocenters. The molecule has 0 fully saturated rings. The molecule has 0 saturated carbocycles. The number of imidazole rings is 1. The summed E-state index contributed by atoms with van der Waals surface area (Å²) in [6, 6.07) is 10.3. The Morgan fingerprint density at radius 2 is 1.89 bits per heavy atom. The van der Waals surface area contributed by atoms with E-state index in [1.165, 1.54) is 19.3 Å². The van der Waals surface area contributed by atoms with Gasteiger partial charge >= 0.3 is 0 Å². The number of benzene rings is 1. The van der Waals surface area contributed by atoms with E-state index in [0.717, 1.165) is 11.0 Å². The fourth-order valence-electron chi connectivity index (χ4n) is 2.76. The molecule has 28 heavy (non-hydrogen) atoms. The van der Waals surface area contributed by atoms with Gasteiger partial charge in [-0.1, -0.05) is 0 Å². The number of anilines is 1. The monoisotopic (exact) mass is 376 g/mol. The summed E-state index contributed by atoms with van der Waals surface area (Å²) in [5.41, 5.74) is 2.52. The molecule has 0 aliphatic heterocycles. The van der Waals surface area contributed by atoms with Gasteiger partial charge in [0.2, 0.25) is 5.78 Å². The first-order chi connectivity index (χ1) is 13.6. The number of carbonyl (C=O) groups excluding carboxylic acids is 2. The van der Waals surface area contributed by atoms with Gasteiger partial charge in [-0.25, -0.2) is 15.0 Å². The van der Waals surface area contributed by atoms with Gasteiger partial charge in [-0.3, -0.25) is 14.0 Å². The Kier molecular flexibility index (Phi) is 4.32. The number of carbonyl (C=O) groups is 2. The van der Waals surface area contributed by atoms with E-state index in [1.807, 2.05) is 18.2 Å². The zero-order valence-electron chi connectivity index (χ0n) is 15.1. The molecule has 2 N–H and O–H groups in total. The highest BCUT2D eigenvalue weighted by molar-refractivity contribution is 6.03. The van der Waals surface area contributed by atoms with Crippen LogP contribution in [0.3, 0.4) is 0 Å². The average Bonchev–Trinajstić information content (AvgIpc) is 3.10. The van der Waals surface area contributed by atoms with Gasteiger partial charge in [0.25, 0.3) is 11.8 Å². The van der Waals surface area contributed by atoms with Crippen molar-refractivity contribution in [1.82, 2.24) is 24.7 Å². The van der Waals surface area contributed by atoms with Crippen molar-refractivity contribution in [2.75, 3.05) is 19.5 Å². The molecular formula is C19H16N6O3. The van der Waals surface area contributed by atoms with Crippen LogP contribution in [0.2, 0.25) is 0 Å². The van der Waals surface area contributed by atoms with Gasteiger partial charge in [-0.2, -0.15) is 0 Å². The molecule has 0 aliphatic rings. The molecule has 140 valence electrons. The third-order valence-electron chi connectivity index (χ3n) is 4.19. The molecule has 0 unspecified atom stereocenters. The lowest BCUT2D eigenvalue weighted by Gasteiger charge is -2.05. The van der Waals surface area contributed by atoms with Crippen LogP contribution < -0.4 is 15.4 Å². The van der Waals surface area contributed by atoms with Gasteiger partial charge in [0.05, 0.1) is 30.0 Å². The number of aromatic nitrogens is 4. The molecule has 3 aromatic heterocycles. The van der Waals surface area contributed by atoms with Crippen molar-refractivity contribution < 1.29 is 14.3 Å². The minimum atomic E-state index is -0.401. The largest absolute Gasteiger partial charge is 0.497 e. The normalized spacial score (nSPS) is 10.8. The van der Waals surface area contributed by atoms with Crippen molar-refractivity contribution >= 4 is 34.3 Å². The fourth-order valence-corrected chi connectivity index (χ4v) is 2.76. The van der Waals surface area contributed by atoms with Gasteiger partial charge in [0.1, 0.15) is 17.1 Å². The van der Waals surface area contributed by atoms with Crippen LogP contribution in [0.25, 0.3) is 16.8 Å². The number of amides is 2. The van der Waals surface area contributed by atoms with E-state index in [9.17, 15) is 9.59 Å². The van der Waals surface area contributed by atoms with Gasteiger partial charge in [-0.05, 0) is 30.3 Å². The van der Waals surface area contributed by atoms with Gasteiger partial charge in [-0.15, -0.1) is 0 Å². The molecule has 0 aliphatic carbocycles. The van der Waals surface area contributed by atoms with Crippen LogP contribution in [-0.2, 0) is 0 Å². The van der Waals surface area contributed by atoms with E-state index < -0.39 is 5.91 Å². The van der Waals surface area contributed by atoms with Crippen LogP contribution >= 0.6 is 0 Å². The smallest absolute Gasteiger partial charge is 0.274 e. The Hall–Kier alpha value is -4.01. The van der Waals surface area contributed by atoms with E-state index >= 15 is 0 Å². The fraction of sp³-hybridized carbons (Fsp3) is 0.105. The molecule has 2 amide bonds. The van der Waals surface area contributed by atoms with E-state index in [2.05, 4.69) is 25.6 Å². The Bertz CT molecular complexity index is 1200. The first kappa shape index (κ1) is 17.4. The highest BCUT2D eigenvalue weighted by Crippen LogP contribution is 2.21. The molecule has 9 heteroatoms. The lowest BCUT2D eigenvalue weighted by molar-refractivity contribution is 0.0957. The van der Waals surface area contributed by atoms with E-state index in [-0.39, 0.29) is 17.3 Å².